The van der Waals surface area contributed by atoms with Crippen LogP contribution in [0.15, 0.2) is 71.8 Å². The molecule has 0 aliphatic carbocycles. The van der Waals surface area contributed by atoms with Gasteiger partial charge in [0.2, 0.25) is 11.4 Å². The number of fused-ring (bicyclic) bond motifs is 1. The largest absolute Gasteiger partial charge is 0.383 e. The number of pyridine rings is 1. The Labute approximate surface area is 189 Å². The summed E-state index contributed by atoms with van der Waals surface area (Å²) in [5.41, 5.74) is 1.84. The number of rotatable bonds is 7. The summed E-state index contributed by atoms with van der Waals surface area (Å²) in [4.78, 5) is 34.6. The second-order valence-electron chi connectivity index (χ2n) is 7.07. The number of nitrogens with zero attached hydrogens (tertiary/aromatic N) is 4. The first-order valence-corrected chi connectivity index (χ1v) is 10.1. The zero-order valence-electron chi connectivity index (χ0n) is 17.8. The number of ether oxygens (including phenoxy) is 1. The van der Waals surface area contributed by atoms with Gasteiger partial charge in [-0.15, -0.1) is 0 Å². The summed E-state index contributed by atoms with van der Waals surface area (Å²) in [6, 6.07) is 18.2. The fourth-order valence-corrected chi connectivity index (χ4v) is 3.24. The summed E-state index contributed by atoms with van der Waals surface area (Å²) >= 11 is 0. The SMILES string of the molecule is COCCNC(=O)c1cn(-c2ccccc2)c2nc(Nc3ccc(C#N)cc3)ncc2c1=O. The molecule has 0 aliphatic heterocycles. The lowest BCUT2D eigenvalue weighted by Gasteiger charge is -2.14. The maximum atomic E-state index is 13.1. The number of anilines is 2. The number of benzene rings is 2. The van der Waals surface area contributed by atoms with E-state index in [1.165, 1.54) is 19.5 Å². The van der Waals surface area contributed by atoms with E-state index in [-0.39, 0.29) is 23.4 Å². The van der Waals surface area contributed by atoms with Gasteiger partial charge in [0, 0.05) is 37.4 Å². The number of carbonyl (C=O) groups is 1. The summed E-state index contributed by atoms with van der Waals surface area (Å²) in [6.07, 6.45) is 2.89. The van der Waals surface area contributed by atoms with Crippen molar-refractivity contribution in [2.45, 2.75) is 0 Å². The van der Waals surface area contributed by atoms with Crippen molar-refractivity contribution in [2.75, 3.05) is 25.6 Å². The van der Waals surface area contributed by atoms with E-state index in [0.29, 0.717) is 23.5 Å². The Bertz CT molecular complexity index is 1390. The van der Waals surface area contributed by atoms with Crippen LogP contribution in [0.3, 0.4) is 0 Å². The smallest absolute Gasteiger partial charge is 0.256 e. The van der Waals surface area contributed by atoms with Crippen LogP contribution in [0.25, 0.3) is 16.7 Å². The molecule has 164 valence electrons. The fraction of sp³-hybridized carbons (Fsp3) is 0.125. The molecule has 9 nitrogen and oxygen atoms in total. The standard InChI is InChI=1S/C24H20N6O3/c1-33-12-11-26-23(32)20-15-30(18-5-3-2-4-6-18)22-19(21(20)31)14-27-24(29-22)28-17-9-7-16(13-25)8-10-17/h2-10,14-15H,11-12H2,1H3,(H,26,32)(H,27,28,29). The molecule has 1 amide bonds. The molecule has 2 heterocycles. The van der Waals surface area contributed by atoms with Crippen LogP contribution in [-0.4, -0.2) is 40.7 Å². The van der Waals surface area contributed by atoms with E-state index < -0.39 is 11.3 Å². The minimum atomic E-state index is -0.497. The summed E-state index contributed by atoms with van der Waals surface area (Å²) < 4.78 is 6.64. The van der Waals surface area contributed by atoms with Crippen LogP contribution in [0.5, 0.6) is 0 Å². The van der Waals surface area contributed by atoms with Crippen LogP contribution in [0.2, 0.25) is 0 Å². The Morgan fingerprint density at radius 1 is 1.15 bits per heavy atom. The van der Waals surface area contributed by atoms with Gasteiger partial charge in [-0.05, 0) is 36.4 Å². The molecular weight excluding hydrogens is 420 g/mol. The number of methoxy groups -OCH3 is 1. The van der Waals surface area contributed by atoms with Crippen molar-refractivity contribution >= 4 is 28.6 Å². The molecule has 4 rings (SSSR count). The average Bonchev–Trinajstić information content (AvgIpc) is 2.85. The Morgan fingerprint density at radius 3 is 2.61 bits per heavy atom. The Balaban J connectivity index is 1.80. The highest BCUT2D eigenvalue weighted by atomic mass is 16.5. The quantitative estimate of drug-likeness (QED) is 0.424. The molecule has 33 heavy (non-hydrogen) atoms. The summed E-state index contributed by atoms with van der Waals surface area (Å²) in [6.45, 7) is 0.613. The topological polar surface area (TPSA) is 122 Å². The second kappa shape index (κ2) is 9.72. The molecule has 0 saturated carbocycles. The van der Waals surface area contributed by atoms with Crippen LogP contribution in [0, 0.1) is 11.3 Å². The normalized spacial score (nSPS) is 10.5. The van der Waals surface area contributed by atoms with Gasteiger partial charge in [-0.3, -0.25) is 9.59 Å². The third-order valence-electron chi connectivity index (χ3n) is 4.89. The number of amides is 1. The number of hydrogen-bond donors (Lipinski definition) is 2. The van der Waals surface area contributed by atoms with Crippen LogP contribution in [0.1, 0.15) is 15.9 Å². The molecule has 0 atom stereocenters. The molecule has 0 aliphatic rings. The van der Waals surface area contributed by atoms with Crippen LogP contribution < -0.4 is 16.1 Å². The number of nitriles is 1. The molecule has 0 fully saturated rings. The first-order chi connectivity index (χ1) is 16.1. The van der Waals surface area contributed by atoms with E-state index in [9.17, 15) is 9.59 Å². The van der Waals surface area contributed by atoms with Gasteiger partial charge in [0.05, 0.1) is 23.6 Å². The zero-order chi connectivity index (χ0) is 23.2. The van der Waals surface area contributed by atoms with Crippen LogP contribution >= 0.6 is 0 Å². The highest BCUT2D eigenvalue weighted by Gasteiger charge is 2.18. The number of hydrogen-bond acceptors (Lipinski definition) is 7. The highest BCUT2D eigenvalue weighted by molar-refractivity contribution is 5.97. The summed E-state index contributed by atoms with van der Waals surface area (Å²) in [5.74, 6) is -0.225. The number of para-hydroxylation sites is 1. The van der Waals surface area contributed by atoms with Crippen molar-refractivity contribution in [2.24, 2.45) is 0 Å². The van der Waals surface area contributed by atoms with E-state index in [0.717, 1.165) is 5.69 Å². The molecule has 9 heteroatoms. The van der Waals surface area contributed by atoms with Crippen molar-refractivity contribution in [1.29, 1.82) is 5.26 Å². The molecule has 2 N–H and O–H groups in total. The van der Waals surface area contributed by atoms with Crippen molar-refractivity contribution in [3.05, 3.63) is 88.3 Å². The number of nitrogens with one attached hydrogen (secondary N) is 2. The first-order valence-electron chi connectivity index (χ1n) is 10.1. The Kier molecular flexibility index (Phi) is 6.38. The minimum Gasteiger partial charge on any atom is -0.383 e. The van der Waals surface area contributed by atoms with Gasteiger partial charge in [-0.2, -0.15) is 10.2 Å². The van der Waals surface area contributed by atoms with Crippen LogP contribution in [0.4, 0.5) is 11.6 Å². The Morgan fingerprint density at radius 2 is 1.91 bits per heavy atom. The monoisotopic (exact) mass is 440 g/mol. The molecule has 4 aromatic rings. The van der Waals surface area contributed by atoms with Crippen molar-refractivity contribution in [3.63, 3.8) is 0 Å². The van der Waals surface area contributed by atoms with Crippen molar-refractivity contribution < 1.29 is 9.53 Å². The van der Waals surface area contributed by atoms with Gasteiger partial charge in [-0.25, -0.2) is 4.98 Å². The molecular formula is C24H20N6O3. The van der Waals surface area contributed by atoms with E-state index in [1.807, 2.05) is 30.3 Å². The molecule has 0 unspecified atom stereocenters. The molecule has 2 aromatic heterocycles. The first kappa shape index (κ1) is 21.7. The molecule has 0 radical (unpaired) electrons. The van der Waals surface area contributed by atoms with Gasteiger partial charge in [0.1, 0.15) is 5.56 Å². The average molecular weight is 440 g/mol. The molecule has 0 bridgehead atoms. The Hall–Kier alpha value is -4.55. The lowest BCUT2D eigenvalue weighted by molar-refractivity contribution is 0.0935. The van der Waals surface area contributed by atoms with Gasteiger partial charge in [0.25, 0.3) is 5.91 Å². The minimum absolute atomic E-state index is 0.0149. The molecule has 0 spiro atoms. The maximum Gasteiger partial charge on any atom is 0.256 e. The van der Waals surface area contributed by atoms with Crippen molar-refractivity contribution in [3.8, 4) is 11.8 Å². The van der Waals surface area contributed by atoms with Gasteiger partial charge in [-0.1, -0.05) is 18.2 Å². The third kappa shape index (κ3) is 4.71. The summed E-state index contributed by atoms with van der Waals surface area (Å²) in [5, 5.41) is 14.9. The number of carbonyl (C=O) groups excluding carboxylic acids is 1. The molecule has 2 aromatic carbocycles. The van der Waals surface area contributed by atoms with E-state index in [1.54, 1.807) is 28.8 Å². The van der Waals surface area contributed by atoms with Crippen LogP contribution in [-0.2, 0) is 4.74 Å². The lowest BCUT2D eigenvalue weighted by Crippen LogP contribution is -2.32. The highest BCUT2D eigenvalue weighted by Crippen LogP contribution is 2.19. The predicted molar refractivity (Wildman–Crippen MR) is 124 cm³/mol. The van der Waals surface area contributed by atoms with E-state index >= 15 is 0 Å². The summed E-state index contributed by atoms with van der Waals surface area (Å²) in [7, 11) is 1.53. The van der Waals surface area contributed by atoms with Crippen molar-refractivity contribution in [1.82, 2.24) is 19.9 Å². The molecule has 0 saturated heterocycles. The maximum absolute atomic E-state index is 13.1. The number of aromatic nitrogens is 3. The fourth-order valence-electron chi connectivity index (χ4n) is 3.24. The second-order valence-corrected chi connectivity index (χ2v) is 7.07. The third-order valence-corrected chi connectivity index (χ3v) is 4.89. The van der Waals surface area contributed by atoms with E-state index in [2.05, 4.69) is 26.7 Å². The van der Waals surface area contributed by atoms with Gasteiger partial charge in [0.15, 0.2) is 5.65 Å². The lowest BCUT2D eigenvalue weighted by atomic mass is 10.2. The van der Waals surface area contributed by atoms with Gasteiger partial charge >= 0.3 is 0 Å². The van der Waals surface area contributed by atoms with E-state index in [4.69, 9.17) is 10.00 Å². The van der Waals surface area contributed by atoms with Gasteiger partial charge < -0.3 is 19.9 Å². The zero-order valence-corrected chi connectivity index (χ0v) is 17.8. The predicted octanol–water partition coefficient (Wildman–Crippen LogP) is 2.77.